The second-order valence-corrected chi connectivity index (χ2v) is 3.47. The lowest BCUT2D eigenvalue weighted by Crippen LogP contribution is -2.30. The summed E-state index contributed by atoms with van der Waals surface area (Å²) in [5.41, 5.74) is 7.46. The summed E-state index contributed by atoms with van der Waals surface area (Å²) in [5, 5.41) is 0. The van der Waals surface area contributed by atoms with Crippen LogP contribution in [0.1, 0.15) is 32.2 Å². The number of rotatable bonds is 2. The molecule has 0 aliphatic carbocycles. The van der Waals surface area contributed by atoms with Gasteiger partial charge in [0.05, 0.1) is 11.2 Å². The maximum Gasteiger partial charge on any atom is 0.116 e. The van der Waals surface area contributed by atoms with Crippen LogP contribution in [0.2, 0.25) is 0 Å². The maximum atomic E-state index is 5.89. The number of hydrogen-bond acceptors (Lipinski definition) is 3. The fourth-order valence-corrected chi connectivity index (χ4v) is 0.943. The standard InChI is InChI=1S/C9H15N3/c1-4-7-5-8(9(2,3)10)12-6-11-7/h5-6H,4,10H2,1-3H3. The van der Waals surface area contributed by atoms with Gasteiger partial charge in [-0.15, -0.1) is 0 Å². The van der Waals surface area contributed by atoms with Crippen molar-refractivity contribution in [3.8, 4) is 0 Å². The van der Waals surface area contributed by atoms with E-state index in [1.807, 2.05) is 19.9 Å². The SMILES string of the molecule is CCc1cc(C(C)(C)N)ncn1. The van der Waals surface area contributed by atoms with Crippen LogP contribution < -0.4 is 5.73 Å². The first kappa shape index (κ1) is 9.13. The molecule has 0 saturated carbocycles. The van der Waals surface area contributed by atoms with E-state index in [2.05, 4.69) is 16.9 Å². The van der Waals surface area contributed by atoms with Gasteiger partial charge in [-0.1, -0.05) is 6.92 Å². The van der Waals surface area contributed by atoms with Gasteiger partial charge < -0.3 is 5.73 Å². The van der Waals surface area contributed by atoms with Crippen LogP contribution in [0, 0.1) is 0 Å². The van der Waals surface area contributed by atoms with Crippen molar-refractivity contribution in [2.24, 2.45) is 5.73 Å². The van der Waals surface area contributed by atoms with E-state index in [1.165, 1.54) is 0 Å². The van der Waals surface area contributed by atoms with Crippen molar-refractivity contribution in [3.05, 3.63) is 23.8 Å². The Morgan fingerprint density at radius 3 is 2.58 bits per heavy atom. The zero-order valence-electron chi connectivity index (χ0n) is 7.83. The highest BCUT2D eigenvalue weighted by molar-refractivity contribution is 5.15. The Labute approximate surface area is 73.0 Å². The number of aryl methyl sites for hydroxylation is 1. The first-order chi connectivity index (χ1) is 5.54. The lowest BCUT2D eigenvalue weighted by molar-refractivity contribution is 0.532. The Morgan fingerprint density at radius 2 is 2.08 bits per heavy atom. The largest absolute Gasteiger partial charge is 0.321 e. The fourth-order valence-electron chi connectivity index (χ4n) is 0.943. The van der Waals surface area contributed by atoms with Gasteiger partial charge in [-0.3, -0.25) is 0 Å². The summed E-state index contributed by atoms with van der Waals surface area (Å²) in [5.74, 6) is 0. The average Bonchev–Trinajstić information content (AvgIpc) is 2.03. The molecule has 3 nitrogen and oxygen atoms in total. The molecule has 12 heavy (non-hydrogen) atoms. The molecule has 0 aliphatic heterocycles. The highest BCUT2D eigenvalue weighted by Gasteiger charge is 2.15. The van der Waals surface area contributed by atoms with Crippen LogP contribution in [0.3, 0.4) is 0 Å². The molecule has 0 fully saturated rings. The van der Waals surface area contributed by atoms with Crippen LogP contribution in [-0.4, -0.2) is 9.97 Å². The predicted octanol–water partition coefficient (Wildman–Crippen LogP) is 1.23. The van der Waals surface area contributed by atoms with Gasteiger partial charge >= 0.3 is 0 Å². The van der Waals surface area contributed by atoms with Gasteiger partial charge in [-0.25, -0.2) is 9.97 Å². The number of nitrogens with zero attached hydrogens (tertiary/aromatic N) is 2. The van der Waals surface area contributed by atoms with Crippen LogP contribution in [-0.2, 0) is 12.0 Å². The van der Waals surface area contributed by atoms with Crippen molar-refractivity contribution < 1.29 is 0 Å². The van der Waals surface area contributed by atoms with Crippen LogP contribution in [0.5, 0.6) is 0 Å². The lowest BCUT2D eigenvalue weighted by atomic mass is 10.0. The highest BCUT2D eigenvalue weighted by Crippen LogP contribution is 2.13. The highest BCUT2D eigenvalue weighted by atomic mass is 14.9. The van der Waals surface area contributed by atoms with Gasteiger partial charge in [0.1, 0.15) is 6.33 Å². The minimum atomic E-state index is -0.368. The van der Waals surface area contributed by atoms with Crippen molar-refractivity contribution in [1.82, 2.24) is 9.97 Å². The predicted molar refractivity (Wildman–Crippen MR) is 48.6 cm³/mol. The van der Waals surface area contributed by atoms with E-state index in [-0.39, 0.29) is 5.54 Å². The van der Waals surface area contributed by atoms with Gasteiger partial charge in [0.25, 0.3) is 0 Å². The Morgan fingerprint density at radius 1 is 1.42 bits per heavy atom. The monoisotopic (exact) mass is 165 g/mol. The molecule has 0 saturated heterocycles. The van der Waals surface area contributed by atoms with Crippen molar-refractivity contribution in [3.63, 3.8) is 0 Å². The quantitative estimate of drug-likeness (QED) is 0.717. The molecule has 0 radical (unpaired) electrons. The summed E-state index contributed by atoms with van der Waals surface area (Å²) in [6.45, 7) is 5.94. The molecule has 0 aliphatic rings. The van der Waals surface area contributed by atoms with E-state index in [0.717, 1.165) is 17.8 Å². The Balaban J connectivity index is 3.02. The first-order valence-corrected chi connectivity index (χ1v) is 4.14. The normalized spacial score (nSPS) is 11.7. The smallest absolute Gasteiger partial charge is 0.116 e. The Hall–Kier alpha value is -0.960. The zero-order valence-corrected chi connectivity index (χ0v) is 7.83. The topological polar surface area (TPSA) is 51.8 Å². The third kappa shape index (κ3) is 2.01. The van der Waals surface area contributed by atoms with Crippen molar-refractivity contribution in [2.45, 2.75) is 32.7 Å². The molecule has 2 N–H and O–H groups in total. The zero-order chi connectivity index (χ0) is 9.19. The van der Waals surface area contributed by atoms with E-state index >= 15 is 0 Å². The number of nitrogens with two attached hydrogens (primary N) is 1. The van der Waals surface area contributed by atoms with Crippen molar-refractivity contribution in [2.75, 3.05) is 0 Å². The molecule has 66 valence electrons. The van der Waals surface area contributed by atoms with E-state index in [9.17, 15) is 0 Å². The van der Waals surface area contributed by atoms with Crippen LogP contribution in [0.15, 0.2) is 12.4 Å². The van der Waals surface area contributed by atoms with Gasteiger partial charge in [-0.05, 0) is 26.3 Å². The summed E-state index contributed by atoms with van der Waals surface area (Å²) in [6, 6.07) is 1.96. The molecule has 0 aromatic carbocycles. The average molecular weight is 165 g/mol. The van der Waals surface area contributed by atoms with Gasteiger partial charge in [-0.2, -0.15) is 0 Å². The Bertz CT molecular complexity index is 263. The summed E-state index contributed by atoms with van der Waals surface area (Å²) in [7, 11) is 0. The van der Waals surface area contributed by atoms with Crippen LogP contribution >= 0.6 is 0 Å². The van der Waals surface area contributed by atoms with Gasteiger partial charge in [0, 0.05) is 5.69 Å². The second kappa shape index (κ2) is 3.19. The molecule has 1 rings (SSSR count). The molecule has 3 heteroatoms. The summed E-state index contributed by atoms with van der Waals surface area (Å²) in [6.07, 6.45) is 2.49. The van der Waals surface area contributed by atoms with Gasteiger partial charge in [0.2, 0.25) is 0 Å². The van der Waals surface area contributed by atoms with E-state index in [1.54, 1.807) is 6.33 Å². The Kier molecular flexibility index (Phi) is 2.43. The number of aromatic nitrogens is 2. The first-order valence-electron chi connectivity index (χ1n) is 4.14. The summed E-state index contributed by atoms with van der Waals surface area (Å²) < 4.78 is 0. The second-order valence-electron chi connectivity index (χ2n) is 3.47. The molecular weight excluding hydrogens is 150 g/mol. The summed E-state index contributed by atoms with van der Waals surface area (Å²) >= 11 is 0. The summed E-state index contributed by atoms with van der Waals surface area (Å²) in [4.78, 5) is 8.23. The molecule has 0 unspecified atom stereocenters. The number of hydrogen-bond donors (Lipinski definition) is 1. The molecule has 0 bridgehead atoms. The van der Waals surface area contributed by atoms with E-state index < -0.39 is 0 Å². The molecule has 0 amide bonds. The molecule has 1 aromatic rings. The fraction of sp³-hybridized carbons (Fsp3) is 0.556. The molecule has 1 heterocycles. The lowest BCUT2D eigenvalue weighted by Gasteiger charge is -2.17. The van der Waals surface area contributed by atoms with Crippen LogP contribution in [0.25, 0.3) is 0 Å². The maximum absolute atomic E-state index is 5.89. The third-order valence-corrected chi connectivity index (χ3v) is 1.75. The molecule has 1 aromatic heterocycles. The van der Waals surface area contributed by atoms with Gasteiger partial charge in [0.15, 0.2) is 0 Å². The third-order valence-electron chi connectivity index (χ3n) is 1.75. The van der Waals surface area contributed by atoms with Crippen LogP contribution in [0.4, 0.5) is 0 Å². The molecule has 0 atom stereocenters. The van der Waals surface area contributed by atoms with E-state index in [4.69, 9.17) is 5.73 Å². The van der Waals surface area contributed by atoms with Crippen molar-refractivity contribution in [1.29, 1.82) is 0 Å². The molecular formula is C9H15N3. The van der Waals surface area contributed by atoms with Crippen molar-refractivity contribution >= 4 is 0 Å². The minimum absolute atomic E-state index is 0.368. The van der Waals surface area contributed by atoms with E-state index in [0.29, 0.717) is 0 Å². The minimum Gasteiger partial charge on any atom is -0.321 e. The molecule has 0 spiro atoms.